The van der Waals surface area contributed by atoms with Crippen LogP contribution in [0.15, 0.2) is 0 Å². The summed E-state index contributed by atoms with van der Waals surface area (Å²) in [7, 11) is 0. The molecule has 1 atom stereocenters. The number of nitrogens with one attached hydrogen (secondary N) is 1. The molecule has 0 bridgehead atoms. The highest BCUT2D eigenvalue weighted by Crippen LogP contribution is 2.28. The van der Waals surface area contributed by atoms with Crippen molar-refractivity contribution in [1.29, 1.82) is 0 Å². The van der Waals surface area contributed by atoms with E-state index in [-0.39, 0.29) is 23.8 Å². The van der Waals surface area contributed by atoms with Crippen molar-refractivity contribution in [3.05, 3.63) is 0 Å². The molecule has 0 aromatic heterocycles. The standard InChI is InChI=1S/C13H23NO4/c1-3-18-9(2)8-14-12(15)10-4-6-11(7-5-10)13(16)17/h9-11H,3-8H2,1-2H3,(H,14,15)(H,16,17). The Balaban J connectivity index is 2.25. The fourth-order valence-corrected chi connectivity index (χ4v) is 2.33. The van der Waals surface area contributed by atoms with Crippen LogP contribution in [0.2, 0.25) is 0 Å². The maximum Gasteiger partial charge on any atom is 0.306 e. The lowest BCUT2D eigenvalue weighted by atomic mass is 9.81. The lowest BCUT2D eigenvalue weighted by Crippen LogP contribution is -2.38. The van der Waals surface area contributed by atoms with Crippen molar-refractivity contribution in [2.75, 3.05) is 13.2 Å². The lowest BCUT2D eigenvalue weighted by Gasteiger charge is -2.25. The summed E-state index contributed by atoms with van der Waals surface area (Å²) in [4.78, 5) is 22.7. The number of hydrogen-bond acceptors (Lipinski definition) is 3. The van der Waals surface area contributed by atoms with Crippen LogP contribution in [0.4, 0.5) is 0 Å². The number of carboxylic acids is 1. The first-order chi connectivity index (χ1) is 8.54. The van der Waals surface area contributed by atoms with Crippen LogP contribution in [0.1, 0.15) is 39.5 Å². The van der Waals surface area contributed by atoms with Crippen LogP contribution in [0.3, 0.4) is 0 Å². The maximum atomic E-state index is 11.9. The molecule has 1 aliphatic carbocycles. The predicted molar refractivity (Wildman–Crippen MR) is 67.2 cm³/mol. The first-order valence-corrected chi connectivity index (χ1v) is 6.66. The largest absolute Gasteiger partial charge is 0.481 e. The van der Waals surface area contributed by atoms with Crippen LogP contribution in [0.25, 0.3) is 0 Å². The molecule has 1 unspecified atom stereocenters. The summed E-state index contributed by atoms with van der Waals surface area (Å²) in [6, 6.07) is 0. The van der Waals surface area contributed by atoms with E-state index in [0.717, 1.165) is 0 Å². The second-order valence-electron chi connectivity index (χ2n) is 4.90. The Morgan fingerprint density at radius 1 is 1.28 bits per heavy atom. The van der Waals surface area contributed by atoms with Gasteiger partial charge in [-0.15, -0.1) is 0 Å². The van der Waals surface area contributed by atoms with Gasteiger partial charge in [0.05, 0.1) is 12.0 Å². The quantitative estimate of drug-likeness (QED) is 0.754. The molecule has 104 valence electrons. The van der Waals surface area contributed by atoms with Gasteiger partial charge in [0.1, 0.15) is 0 Å². The zero-order chi connectivity index (χ0) is 13.5. The van der Waals surface area contributed by atoms with Crippen molar-refractivity contribution in [2.45, 2.75) is 45.6 Å². The molecule has 5 nitrogen and oxygen atoms in total. The van der Waals surface area contributed by atoms with E-state index in [1.54, 1.807) is 0 Å². The number of ether oxygens (including phenoxy) is 1. The molecule has 0 heterocycles. The molecule has 5 heteroatoms. The van der Waals surface area contributed by atoms with Gasteiger partial charge < -0.3 is 15.2 Å². The third-order valence-electron chi connectivity index (χ3n) is 3.46. The first-order valence-electron chi connectivity index (χ1n) is 6.66. The van der Waals surface area contributed by atoms with Gasteiger partial charge in [0, 0.05) is 19.1 Å². The minimum atomic E-state index is -0.737. The van der Waals surface area contributed by atoms with Crippen LogP contribution in [0, 0.1) is 11.8 Å². The van der Waals surface area contributed by atoms with Crippen molar-refractivity contribution in [3.63, 3.8) is 0 Å². The number of hydrogen-bond donors (Lipinski definition) is 2. The molecule has 0 spiro atoms. The minimum Gasteiger partial charge on any atom is -0.481 e. The molecule has 1 fully saturated rings. The third-order valence-corrected chi connectivity index (χ3v) is 3.46. The van der Waals surface area contributed by atoms with E-state index in [4.69, 9.17) is 9.84 Å². The van der Waals surface area contributed by atoms with Gasteiger partial charge in [-0.05, 0) is 39.5 Å². The Kier molecular flexibility index (Phi) is 6.12. The Bertz CT molecular complexity index is 285. The van der Waals surface area contributed by atoms with Gasteiger partial charge in [0.25, 0.3) is 0 Å². The van der Waals surface area contributed by atoms with Crippen molar-refractivity contribution >= 4 is 11.9 Å². The van der Waals surface area contributed by atoms with E-state index in [2.05, 4.69) is 5.32 Å². The summed E-state index contributed by atoms with van der Waals surface area (Å²) in [5, 5.41) is 11.8. The lowest BCUT2D eigenvalue weighted by molar-refractivity contribution is -0.144. The van der Waals surface area contributed by atoms with Crippen LogP contribution in [0.5, 0.6) is 0 Å². The molecule has 0 radical (unpaired) electrons. The number of carboxylic acid groups (broad SMARTS) is 1. The normalized spacial score (nSPS) is 25.4. The Labute approximate surface area is 108 Å². The van der Waals surface area contributed by atoms with E-state index < -0.39 is 5.97 Å². The number of carbonyl (C=O) groups excluding carboxylic acids is 1. The molecule has 1 rings (SSSR count). The van der Waals surface area contributed by atoms with Crippen molar-refractivity contribution in [2.24, 2.45) is 11.8 Å². The summed E-state index contributed by atoms with van der Waals surface area (Å²) in [6.45, 7) is 5.00. The van der Waals surface area contributed by atoms with Crippen molar-refractivity contribution in [1.82, 2.24) is 5.32 Å². The Morgan fingerprint density at radius 2 is 1.83 bits per heavy atom. The smallest absolute Gasteiger partial charge is 0.306 e. The average Bonchev–Trinajstić information content (AvgIpc) is 2.36. The van der Waals surface area contributed by atoms with E-state index >= 15 is 0 Å². The average molecular weight is 257 g/mol. The number of rotatable bonds is 6. The maximum absolute atomic E-state index is 11.9. The topological polar surface area (TPSA) is 75.6 Å². The predicted octanol–water partition coefficient (Wildman–Crippen LogP) is 1.42. The zero-order valence-electron chi connectivity index (χ0n) is 11.1. The van der Waals surface area contributed by atoms with E-state index in [0.29, 0.717) is 38.8 Å². The van der Waals surface area contributed by atoms with Gasteiger partial charge in [0.2, 0.25) is 5.91 Å². The molecule has 18 heavy (non-hydrogen) atoms. The van der Waals surface area contributed by atoms with Crippen LogP contribution in [-0.2, 0) is 14.3 Å². The molecular weight excluding hydrogens is 234 g/mol. The molecule has 0 aliphatic heterocycles. The number of amides is 1. The highest BCUT2D eigenvalue weighted by atomic mass is 16.5. The zero-order valence-corrected chi connectivity index (χ0v) is 11.1. The van der Waals surface area contributed by atoms with E-state index in [1.807, 2.05) is 13.8 Å². The van der Waals surface area contributed by atoms with Gasteiger partial charge in [0.15, 0.2) is 0 Å². The summed E-state index contributed by atoms with van der Waals surface area (Å²) in [5.41, 5.74) is 0. The Hall–Kier alpha value is -1.10. The van der Waals surface area contributed by atoms with Gasteiger partial charge in [-0.25, -0.2) is 0 Å². The summed E-state index contributed by atoms with van der Waals surface area (Å²) in [5.74, 6) is -1.00. The summed E-state index contributed by atoms with van der Waals surface area (Å²) >= 11 is 0. The fourth-order valence-electron chi connectivity index (χ4n) is 2.33. The SMILES string of the molecule is CCOC(C)CNC(=O)C1CCC(C(=O)O)CC1. The second kappa shape index (κ2) is 7.36. The minimum absolute atomic E-state index is 0.0225. The first kappa shape index (κ1) is 15.0. The van der Waals surface area contributed by atoms with E-state index in [9.17, 15) is 9.59 Å². The molecule has 0 saturated heterocycles. The molecule has 1 amide bonds. The van der Waals surface area contributed by atoms with Crippen molar-refractivity contribution in [3.8, 4) is 0 Å². The van der Waals surface area contributed by atoms with Gasteiger partial charge >= 0.3 is 5.97 Å². The molecule has 2 N–H and O–H groups in total. The van der Waals surface area contributed by atoms with Gasteiger partial charge in [-0.1, -0.05) is 0 Å². The molecule has 1 saturated carbocycles. The molecular formula is C13H23NO4. The monoisotopic (exact) mass is 257 g/mol. The number of aliphatic carboxylic acids is 1. The Morgan fingerprint density at radius 3 is 2.33 bits per heavy atom. The van der Waals surface area contributed by atoms with Crippen LogP contribution >= 0.6 is 0 Å². The third kappa shape index (κ3) is 4.64. The summed E-state index contributed by atoms with van der Waals surface area (Å²) < 4.78 is 5.34. The fraction of sp³-hybridized carbons (Fsp3) is 0.846. The summed E-state index contributed by atoms with van der Waals surface area (Å²) in [6.07, 6.45) is 2.58. The van der Waals surface area contributed by atoms with Gasteiger partial charge in [-0.2, -0.15) is 0 Å². The highest BCUT2D eigenvalue weighted by molar-refractivity contribution is 5.79. The second-order valence-corrected chi connectivity index (χ2v) is 4.90. The van der Waals surface area contributed by atoms with Gasteiger partial charge in [-0.3, -0.25) is 9.59 Å². The van der Waals surface area contributed by atoms with Crippen LogP contribution < -0.4 is 5.32 Å². The molecule has 0 aromatic carbocycles. The molecule has 1 aliphatic rings. The molecule has 0 aromatic rings. The highest BCUT2D eigenvalue weighted by Gasteiger charge is 2.29. The number of carbonyl (C=O) groups is 2. The van der Waals surface area contributed by atoms with E-state index in [1.165, 1.54) is 0 Å². The van der Waals surface area contributed by atoms with Crippen LogP contribution in [-0.4, -0.2) is 36.2 Å². The van der Waals surface area contributed by atoms with Crippen molar-refractivity contribution < 1.29 is 19.4 Å².